The first-order valence-electron chi connectivity index (χ1n) is 9.85. The zero-order valence-electron chi connectivity index (χ0n) is 17.0. The van der Waals surface area contributed by atoms with Crippen LogP contribution in [-0.4, -0.2) is 37.5 Å². The van der Waals surface area contributed by atoms with Crippen molar-refractivity contribution in [1.29, 1.82) is 0 Å². The van der Waals surface area contributed by atoms with E-state index in [1.54, 1.807) is 24.3 Å². The second kappa shape index (κ2) is 9.39. The fraction of sp³-hybridized carbons (Fsp3) is 0.318. The van der Waals surface area contributed by atoms with Gasteiger partial charge in [-0.1, -0.05) is 26.0 Å². The van der Waals surface area contributed by atoms with E-state index in [1.165, 1.54) is 34.1 Å². The molecule has 0 aromatic heterocycles. The Morgan fingerprint density at radius 3 is 2.40 bits per heavy atom. The molecule has 1 aliphatic rings. The zero-order valence-corrected chi connectivity index (χ0v) is 17.0. The normalized spacial score (nSPS) is 13.3. The minimum Gasteiger partial charge on any atom is -0.355 e. The van der Waals surface area contributed by atoms with Gasteiger partial charge in [-0.25, -0.2) is 9.18 Å². The molecule has 2 aromatic rings. The molecule has 0 spiro atoms. The molecule has 8 heteroatoms. The van der Waals surface area contributed by atoms with E-state index in [9.17, 15) is 18.8 Å². The molecular weight excluding hydrogens is 387 g/mol. The van der Waals surface area contributed by atoms with Gasteiger partial charge in [0.15, 0.2) is 0 Å². The molecule has 1 heterocycles. The molecule has 4 amide bonds. The van der Waals surface area contributed by atoms with Crippen LogP contribution in [0, 0.1) is 11.7 Å². The summed E-state index contributed by atoms with van der Waals surface area (Å²) in [6.45, 7) is 4.38. The largest absolute Gasteiger partial charge is 0.355 e. The van der Waals surface area contributed by atoms with Gasteiger partial charge in [0.05, 0.1) is 11.4 Å². The Bertz CT molecular complexity index is 930. The molecule has 0 bridgehead atoms. The monoisotopic (exact) mass is 412 g/mol. The number of benzene rings is 2. The highest BCUT2D eigenvalue weighted by Crippen LogP contribution is 2.33. The summed E-state index contributed by atoms with van der Waals surface area (Å²) in [7, 11) is 0. The number of hydrogen-bond donors (Lipinski definition) is 2. The molecule has 1 aliphatic heterocycles. The van der Waals surface area contributed by atoms with Gasteiger partial charge in [0, 0.05) is 12.2 Å². The van der Waals surface area contributed by atoms with Crippen molar-refractivity contribution < 1.29 is 18.8 Å². The van der Waals surface area contributed by atoms with Crippen LogP contribution in [0.4, 0.5) is 26.2 Å². The Morgan fingerprint density at radius 1 is 1.07 bits per heavy atom. The Hall–Kier alpha value is -3.42. The predicted molar refractivity (Wildman–Crippen MR) is 114 cm³/mol. The van der Waals surface area contributed by atoms with Crippen molar-refractivity contribution in [3.63, 3.8) is 0 Å². The van der Waals surface area contributed by atoms with E-state index in [2.05, 4.69) is 24.5 Å². The minimum atomic E-state index is -0.511. The number of hydrogen-bond acceptors (Lipinski definition) is 3. The van der Waals surface area contributed by atoms with Gasteiger partial charge in [-0.2, -0.15) is 0 Å². The molecular formula is C22H25FN4O3. The number of amides is 4. The lowest BCUT2D eigenvalue weighted by molar-refractivity contribution is -0.123. The van der Waals surface area contributed by atoms with E-state index in [0.29, 0.717) is 29.5 Å². The number of anilines is 3. The minimum absolute atomic E-state index is 0.110. The third-order valence-corrected chi connectivity index (χ3v) is 4.74. The molecule has 0 unspecified atom stereocenters. The molecule has 0 fully saturated rings. The van der Waals surface area contributed by atoms with Gasteiger partial charge < -0.3 is 10.6 Å². The van der Waals surface area contributed by atoms with Crippen molar-refractivity contribution in [3.05, 3.63) is 54.3 Å². The number of nitrogens with zero attached hydrogens (tertiary/aromatic N) is 2. The molecule has 0 atom stereocenters. The molecule has 3 rings (SSSR count). The molecule has 158 valence electrons. The first-order chi connectivity index (χ1) is 14.3. The molecule has 0 aliphatic carbocycles. The summed E-state index contributed by atoms with van der Waals surface area (Å²) < 4.78 is 13.1. The summed E-state index contributed by atoms with van der Waals surface area (Å²) in [5, 5.41) is 5.49. The number of fused-ring (bicyclic) bond motifs is 1. The van der Waals surface area contributed by atoms with Gasteiger partial charge >= 0.3 is 6.03 Å². The molecule has 0 radical (unpaired) electrons. The lowest BCUT2D eigenvalue weighted by atomic mass is 10.1. The maximum absolute atomic E-state index is 13.1. The van der Waals surface area contributed by atoms with E-state index in [0.717, 1.165) is 6.42 Å². The third kappa shape index (κ3) is 5.14. The molecule has 0 saturated carbocycles. The van der Waals surface area contributed by atoms with Crippen LogP contribution in [0.25, 0.3) is 0 Å². The highest BCUT2D eigenvalue weighted by molar-refractivity contribution is 6.14. The summed E-state index contributed by atoms with van der Waals surface area (Å²) in [4.78, 5) is 40.5. The van der Waals surface area contributed by atoms with E-state index in [4.69, 9.17) is 0 Å². The van der Waals surface area contributed by atoms with Gasteiger partial charge in [-0.15, -0.1) is 0 Å². The number of carbonyl (C=O) groups excluding carboxylic acids is 3. The van der Waals surface area contributed by atoms with Crippen LogP contribution in [-0.2, 0) is 9.59 Å². The molecule has 0 saturated heterocycles. The SMILES string of the molecule is CC(C)CCNC(=O)CN1C(=O)CN(C(=O)Nc2ccc(F)cc2)c2ccccc21. The zero-order chi connectivity index (χ0) is 21.7. The van der Waals surface area contributed by atoms with Crippen molar-refractivity contribution in [2.24, 2.45) is 5.92 Å². The van der Waals surface area contributed by atoms with E-state index >= 15 is 0 Å². The standard InChI is InChI=1S/C22H25FN4O3/c1-15(2)11-12-24-20(28)13-26-18-5-3-4-6-19(18)27(14-21(26)29)22(30)25-17-9-7-16(23)8-10-17/h3-10,15H,11-14H2,1-2H3,(H,24,28)(H,25,30). The summed E-state index contributed by atoms with van der Waals surface area (Å²) in [6, 6.07) is 11.8. The number of urea groups is 1. The summed E-state index contributed by atoms with van der Waals surface area (Å²) >= 11 is 0. The highest BCUT2D eigenvalue weighted by atomic mass is 19.1. The van der Waals surface area contributed by atoms with E-state index < -0.39 is 11.8 Å². The summed E-state index contributed by atoms with van der Waals surface area (Å²) in [6.07, 6.45) is 0.855. The van der Waals surface area contributed by atoms with E-state index in [-0.39, 0.29) is 24.9 Å². The average Bonchev–Trinajstić information content (AvgIpc) is 2.71. The number of halogens is 1. The van der Waals surface area contributed by atoms with Crippen LogP contribution in [0.3, 0.4) is 0 Å². The quantitative estimate of drug-likeness (QED) is 0.763. The Kier molecular flexibility index (Phi) is 6.66. The average molecular weight is 412 g/mol. The van der Waals surface area contributed by atoms with Crippen molar-refractivity contribution in [3.8, 4) is 0 Å². The summed E-state index contributed by atoms with van der Waals surface area (Å²) in [5.41, 5.74) is 1.42. The van der Waals surface area contributed by atoms with Crippen LogP contribution in [0.2, 0.25) is 0 Å². The lowest BCUT2D eigenvalue weighted by Gasteiger charge is -2.35. The highest BCUT2D eigenvalue weighted by Gasteiger charge is 2.33. The fourth-order valence-corrected chi connectivity index (χ4v) is 3.14. The third-order valence-electron chi connectivity index (χ3n) is 4.74. The maximum Gasteiger partial charge on any atom is 0.326 e. The lowest BCUT2D eigenvalue weighted by Crippen LogP contribution is -2.52. The molecule has 2 N–H and O–H groups in total. The fourth-order valence-electron chi connectivity index (χ4n) is 3.14. The van der Waals surface area contributed by atoms with E-state index in [1.807, 2.05) is 0 Å². The van der Waals surface area contributed by atoms with Gasteiger partial charge in [0.25, 0.3) is 0 Å². The van der Waals surface area contributed by atoms with Gasteiger partial charge in [-0.05, 0) is 48.7 Å². The number of para-hydroxylation sites is 2. The second-order valence-corrected chi connectivity index (χ2v) is 7.52. The van der Waals surface area contributed by atoms with Crippen LogP contribution in [0.5, 0.6) is 0 Å². The number of nitrogens with one attached hydrogen (secondary N) is 2. The topological polar surface area (TPSA) is 81.8 Å². The van der Waals surface area contributed by atoms with Gasteiger partial charge in [0.1, 0.15) is 18.9 Å². The Balaban J connectivity index is 1.74. The van der Waals surface area contributed by atoms with Crippen LogP contribution in [0.1, 0.15) is 20.3 Å². The maximum atomic E-state index is 13.1. The van der Waals surface area contributed by atoms with Crippen molar-refractivity contribution >= 4 is 34.9 Å². The Labute approximate surface area is 174 Å². The summed E-state index contributed by atoms with van der Waals surface area (Å²) in [5.74, 6) is -0.547. The van der Waals surface area contributed by atoms with Crippen molar-refractivity contribution in [1.82, 2.24) is 5.32 Å². The van der Waals surface area contributed by atoms with Crippen molar-refractivity contribution in [2.45, 2.75) is 20.3 Å². The Morgan fingerprint density at radius 2 is 1.73 bits per heavy atom. The molecule has 30 heavy (non-hydrogen) atoms. The van der Waals surface area contributed by atoms with Gasteiger partial charge in [-0.3, -0.25) is 19.4 Å². The van der Waals surface area contributed by atoms with Crippen LogP contribution in [0.15, 0.2) is 48.5 Å². The van der Waals surface area contributed by atoms with Crippen LogP contribution < -0.4 is 20.4 Å². The predicted octanol–water partition coefficient (Wildman–Crippen LogP) is 3.37. The van der Waals surface area contributed by atoms with Crippen molar-refractivity contribution in [2.75, 3.05) is 34.8 Å². The molecule has 2 aromatic carbocycles. The van der Waals surface area contributed by atoms with Crippen LogP contribution >= 0.6 is 0 Å². The first-order valence-corrected chi connectivity index (χ1v) is 9.85. The smallest absolute Gasteiger partial charge is 0.326 e. The van der Waals surface area contributed by atoms with Gasteiger partial charge in [0.2, 0.25) is 11.8 Å². The number of rotatable bonds is 6. The second-order valence-electron chi connectivity index (χ2n) is 7.52. The number of carbonyl (C=O) groups is 3. The molecule has 7 nitrogen and oxygen atoms in total. The first kappa shape index (κ1) is 21.3.